The normalized spacial score (nSPS) is 36.2. The van der Waals surface area contributed by atoms with E-state index >= 15 is 0 Å². The highest BCUT2D eigenvalue weighted by Crippen LogP contribution is 2.32. The standard InChI is InChI=1S/C8H15N.ClHO4/c1-8-2-5-9(6-3-8)7-4-8;2-1(3,4)5/h2-7H2,1H3;(H,2,3,4,5). The monoisotopic (exact) mass is 225 g/mol. The van der Waals surface area contributed by atoms with E-state index in [-0.39, 0.29) is 0 Å². The van der Waals surface area contributed by atoms with Crippen LogP contribution in [0.1, 0.15) is 26.2 Å². The fourth-order valence-corrected chi connectivity index (χ4v) is 2.19. The minimum absolute atomic E-state index is 0.766. The van der Waals surface area contributed by atoms with Gasteiger partial charge in [-0.1, -0.05) is 6.92 Å². The number of hydrogen-bond acceptors (Lipinski definition) is 4. The van der Waals surface area contributed by atoms with Crippen LogP contribution in [0.15, 0.2) is 0 Å². The lowest BCUT2D eigenvalue weighted by Gasteiger charge is -2.43. The summed E-state index contributed by atoms with van der Waals surface area (Å²) >= 11 is 0. The predicted molar refractivity (Wildman–Crippen MR) is 37.5 cm³/mol. The zero-order valence-corrected chi connectivity index (χ0v) is 9.01. The van der Waals surface area contributed by atoms with Gasteiger partial charge in [0.2, 0.25) is 0 Å². The maximum absolute atomic E-state index is 8.49. The van der Waals surface area contributed by atoms with E-state index in [9.17, 15) is 0 Å². The summed E-state index contributed by atoms with van der Waals surface area (Å²) in [5.41, 5.74) is 0.766. The summed E-state index contributed by atoms with van der Waals surface area (Å²) in [6.07, 6.45) is 4.47. The van der Waals surface area contributed by atoms with Crippen LogP contribution < -0.4 is 23.5 Å². The van der Waals surface area contributed by atoms with Gasteiger partial charge >= 0.3 is 0 Å². The molecule has 3 fully saturated rings. The molecule has 0 unspecified atom stereocenters. The lowest BCUT2D eigenvalue weighted by atomic mass is 9.74. The van der Waals surface area contributed by atoms with Crippen LogP contribution in [-0.2, 0) is 0 Å². The van der Waals surface area contributed by atoms with Crippen molar-refractivity contribution in [3.63, 3.8) is 0 Å². The van der Waals surface area contributed by atoms with Gasteiger partial charge in [-0.05, 0) is 5.41 Å². The van der Waals surface area contributed by atoms with Crippen LogP contribution >= 0.6 is 0 Å². The molecule has 14 heavy (non-hydrogen) atoms. The average Bonchev–Trinajstić information content (AvgIpc) is 2.02. The number of fused-ring (bicyclic) bond motifs is 3. The molecule has 84 valence electrons. The Bertz CT molecular complexity index is 166. The van der Waals surface area contributed by atoms with Gasteiger partial charge in [-0.3, -0.25) is 0 Å². The summed E-state index contributed by atoms with van der Waals surface area (Å²) < 4.78 is 34.0. The highest BCUT2D eigenvalue weighted by atomic mass is 35.7. The highest BCUT2D eigenvalue weighted by Gasteiger charge is 2.37. The summed E-state index contributed by atoms with van der Waals surface area (Å²) in [4.78, 5) is 1.86. The number of nitrogens with one attached hydrogen (secondary N) is 1. The third-order valence-electron chi connectivity index (χ3n) is 3.25. The van der Waals surface area contributed by atoms with Crippen LogP contribution in [0, 0.1) is 15.7 Å². The van der Waals surface area contributed by atoms with Crippen LogP contribution in [0.4, 0.5) is 0 Å². The molecule has 3 rings (SSSR count). The van der Waals surface area contributed by atoms with E-state index in [1.54, 1.807) is 0 Å². The first-order chi connectivity index (χ1) is 6.29. The van der Waals surface area contributed by atoms with Gasteiger partial charge in [-0.25, -0.2) is 18.6 Å². The molecule has 6 heteroatoms. The van der Waals surface area contributed by atoms with E-state index in [1.165, 1.54) is 38.9 Å². The lowest BCUT2D eigenvalue weighted by molar-refractivity contribution is -2.00. The molecule has 0 aromatic heterocycles. The summed E-state index contributed by atoms with van der Waals surface area (Å²) in [6.45, 7) is 6.83. The van der Waals surface area contributed by atoms with Gasteiger partial charge in [0, 0.05) is 19.3 Å². The van der Waals surface area contributed by atoms with Gasteiger partial charge in [0.1, 0.15) is 0 Å². The molecule has 5 nitrogen and oxygen atoms in total. The van der Waals surface area contributed by atoms with Crippen molar-refractivity contribution in [3.8, 4) is 0 Å². The van der Waals surface area contributed by atoms with E-state index in [0.29, 0.717) is 0 Å². The highest BCUT2D eigenvalue weighted by molar-refractivity contribution is 4.79. The zero-order valence-electron chi connectivity index (χ0n) is 8.25. The van der Waals surface area contributed by atoms with Crippen LogP contribution in [0.3, 0.4) is 0 Å². The average molecular weight is 226 g/mol. The maximum atomic E-state index is 8.49. The number of halogens is 1. The van der Waals surface area contributed by atoms with Gasteiger partial charge < -0.3 is 4.90 Å². The molecular weight excluding hydrogens is 210 g/mol. The Hall–Kier alpha value is 0.0900. The van der Waals surface area contributed by atoms with Crippen molar-refractivity contribution in [2.75, 3.05) is 19.6 Å². The molecule has 0 radical (unpaired) electrons. The Kier molecular flexibility index (Phi) is 3.74. The summed E-state index contributed by atoms with van der Waals surface area (Å²) in [5.74, 6) is 0. The Morgan fingerprint density at radius 2 is 1.21 bits per heavy atom. The van der Waals surface area contributed by atoms with E-state index in [0.717, 1.165) is 5.41 Å². The van der Waals surface area contributed by atoms with Gasteiger partial charge in [0.05, 0.1) is 19.6 Å². The first-order valence-corrected chi connectivity index (χ1v) is 5.97. The molecule has 3 heterocycles. The topological polar surface area (TPSA) is 96.7 Å². The van der Waals surface area contributed by atoms with Crippen LogP contribution in [-0.4, -0.2) is 19.6 Å². The van der Waals surface area contributed by atoms with Gasteiger partial charge in [0.25, 0.3) is 0 Å². The number of hydrogen-bond donors (Lipinski definition) is 1. The first-order valence-electron chi connectivity index (χ1n) is 4.74. The van der Waals surface area contributed by atoms with Crippen molar-refractivity contribution in [1.82, 2.24) is 0 Å². The predicted octanol–water partition coefficient (Wildman–Crippen LogP) is -4.68. The molecule has 3 aliphatic rings. The van der Waals surface area contributed by atoms with E-state index in [2.05, 4.69) is 6.92 Å². The Labute approximate surface area is 85.7 Å². The number of piperidine rings is 3. The van der Waals surface area contributed by atoms with Crippen molar-refractivity contribution in [2.45, 2.75) is 26.2 Å². The molecule has 0 aliphatic carbocycles. The van der Waals surface area contributed by atoms with Crippen molar-refractivity contribution in [1.29, 1.82) is 0 Å². The smallest absolute Gasteiger partial charge is 0.0776 e. The first kappa shape index (κ1) is 12.2. The van der Waals surface area contributed by atoms with Gasteiger partial charge in [-0.2, -0.15) is 0 Å². The molecule has 0 aromatic rings. The zero-order chi connectivity index (χ0) is 10.8. The third kappa shape index (κ3) is 4.54. The molecule has 3 saturated heterocycles. The van der Waals surface area contributed by atoms with Crippen molar-refractivity contribution < 1.29 is 33.8 Å². The molecule has 0 amide bonds. The van der Waals surface area contributed by atoms with Gasteiger partial charge in [-0.15, -0.1) is 10.2 Å². The van der Waals surface area contributed by atoms with Crippen molar-refractivity contribution in [3.05, 3.63) is 0 Å². The van der Waals surface area contributed by atoms with E-state index in [1.807, 2.05) is 4.90 Å². The quantitative estimate of drug-likeness (QED) is 0.448. The van der Waals surface area contributed by atoms with Crippen LogP contribution in [0.25, 0.3) is 0 Å². The van der Waals surface area contributed by atoms with Crippen LogP contribution in [0.2, 0.25) is 0 Å². The van der Waals surface area contributed by atoms with Gasteiger partial charge in [0.15, 0.2) is 0 Å². The minimum Gasteiger partial charge on any atom is -0.335 e. The second-order valence-corrected chi connectivity index (χ2v) is 5.19. The largest absolute Gasteiger partial charge is 0.335 e. The summed E-state index contributed by atoms with van der Waals surface area (Å²) in [6, 6.07) is 0. The summed E-state index contributed by atoms with van der Waals surface area (Å²) in [7, 11) is -4.94. The number of quaternary nitrogens is 1. The van der Waals surface area contributed by atoms with E-state index < -0.39 is 10.2 Å². The van der Waals surface area contributed by atoms with Crippen molar-refractivity contribution in [2.24, 2.45) is 5.41 Å². The Morgan fingerprint density at radius 3 is 1.36 bits per heavy atom. The lowest BCUT2D eigenvalue weighted by Crippen LogP contribution is -3.15. The Balaban J connectivity index is 0.000000171. The van der Waals surface area contributed by atoms with Crippen molar-refractivity contribution >= 4 is 0 Å². The number of rotatable bonds is 0. The fraction of sp³-hybridized carbons (Fsp3) is 1.00. The maximum Gasteiger partial charge on any atom is 0.0776 e. The molecule has 0 saturated carbocycles. The molecule has 1 N–H and O–H groups in total. The molecule has 0 atom stereocenters. The minimum atomic E-state index is -4.94. The van der Waals surface area contributed by atoms with Crippen LogP contribution in [0.5, 0.6) is 0 Å². The SMILES string of the molecule is CC12CC[NH+](CC1)CC2.[O-][Cl+3]([O-])([O-])[O-]. The molecule has 3 aliphatic heterocycles. The third-order valence-corrected chi connectivity index (χ3v) is 3.25. The molecule has 0 spiro atoms. The molecular formula is C8H16ClNO4. The summed E-state index contributed by atoms with van der Waals surface area (Å²) in [5, 5.41) is 0. The second kappa shape index (κ2) is 4.30. The fourth-order valence-electron chi connectivity index (χ4n) is 2.19. The van der Waals surface area contributed by atoms with E-state index in [4.69, 9.17) is 18.6 Å². The second-order valence-electron chi connectivity index (χ2n) is 4.44. The molecule has 0 aromatic carbocycles. The Morgan fingerprint density at radius 1 is 0.929 bits per heavy atom. The molecule has 2 bridgehead atoms.